The first-order valence-electron chi connectivity index (χ1n) is 23.2. The average Bonchev–Trinajstić information content (AvgIpc) is 3.15. The van der Waals surface area contributed by atoms with Crippen molar-refractivity contribution in [1.29, 1.82) is 0 Å². The second kappa shape index (κ2) is 22.5. The van der Waals surface area contributed by atoms with Crippen molar-refractivity contribution in [2.24, 2.45) is 0 Å². The average molecular weight is 1120 g/mol. The number of halogens is 1. The Hall–Kier alpha value is -0.122. The van der Waals surface area contributed by atoms with Crippen LogP contribution in [0.25, 0.3) is 0 Å². The molecule has 378 valence electrons. The molecular formula is C46H88INO12SSi4. The van der Waals surface area contributed by atoms with Crippen LogP contribution in [0.2, 0.25) is 80.1 Å². The van der Waals surface area contributed by atoms with Crippen molar-refractivity contribution in [3.05, 3.63) is 14.7 Å². The number of benzene rings is 1. The van der Waals surface area contributed by atoms with Crippen LogP contribution in [0.15, 0.2) is 0 Å². The molecule has 0 bridgehead atoms. The molecule has 19 heteroatoms. The van der Waals surface area contributed by atoms with Crippen molar-refractivity contribution < 1.29 is 56.4 Å². The maximum atomic E-state index is 14.9. The third-order valence-corrected chi connectivity index (χ3v) is 32.1. The molecule has 65 heavy (non-hydrogen) atoms. The standard InChI is InChI=1S/C46H88INO12SSi4/c1-28-33(42(50)61-41-29(2)54-32(57-48-24-25-62(15,16)17)26-30(41)58-63(18,19)44(3,4)5)36(51-12)39(53-14)37(34(28)47)56-43-40(60-65(22,23)46(9,10)11)38(52-13)35(31(27-49)55-43)59-64(20,21)45(6,7)8/h29-32,35,38,40-41,43,48-49H,24-27H2,1-23H3/t29-,30+,31+,32+,35+,38-,40-,41-,43+/m1/s1. The predicted molar refractivity (Wildman–Crippen MR) is 282 cm³/mol. The van der Waals surface area contributed by atoms with Gasteiger partial charge in [-0.3, -0.25) is 9.63 Å². The second-order valence-electron chi connectivity index (χ2n) is 23.6. The molecule has 0 aliphatic carbocycles. The molecule has 0 amide bonds. The molecule has 1 aromatic carbocycles. The first-order chi connectivity index (χ1) is 29.5. The fourth-order valence-electron chi connectivity index (χ4n) is 6.98. The normalized spacial score (nSPS) is 26.6. The summed E-state index contributed by atoms with van der Waals surface area (Å²) in [6.45, 7) is 44.1. The van der Waals surface area contributed by atoms with Crippen LogP contribution in [-0.4, -0.2) is 132 Å². The van der Waals surface area contributed by atoms with Gasteiger partial charge < -0.3 is 46.8 Å². The van der Waals surface area contributed by atoms with Crippen LogP contribution in [0, 0.1) is 10.5 Å². The fourth-order valence-corrected chi connectivity index (χ4v) is 13.7. The maximum absolute atomic E-state index is 14.9. The SMILES string of the molecule is COc1c(O[C@@H]2O[C@@H](CO)[C@H](O[Si](C)(C)C(C)(C)C)[C@@H](OC)[C@H]2O[Si](C)(C)C(C)(C)C)c(I)c(C)c(C(=O)S[C@H]2[C@@H](O[Si](C)(C)C(C)(C)C)C[C@H](ONCC[Si](C)(C)C)O[C@@H]2C)c1OC. The molecule has 2 aliphatic rings. The number of hydroxylamine groups is 1. The highest BCUT2D eigenvalue weighted by Crippen LogP contribution is 2.51. The molecule has 13 nitrogen and oxygen atoms in total. The van der Waals surface area contributed by atoms with E-state index in [2.05, 4.69) is 149 Å². The highest BCUT2D eigenvalue weighted by Gasteiger charge is 2.55. The van der Waals surface area contributed by atoms with Crippen LogP contribution < -0.4 is 19.7 Å². The molecule has 2 heterocycles. The Balaban J connectivity index is 2.12. The van der Waals surface area contributed by atoms with Crippen LogP contribution in [0.3, 0.4) is 0 Å². The summed E-state index contributed by atoms with van der Waals surface area (Å²) in [5.74, 6) is 0.786. The zero-order valence-electron chi connectivity index (χ0n) is 44.2. The number of aliphatic hydroxyl groups is 1. The molecule has 2 saturated heterocycles. The first-order valence-corrected chi connectivity index (χ1v) is 37.6. The van der Waals surface area contributed by atoms with Gasteiger partial charge in [-0.15, -0.1) is 0 Å². The van der Waals surface area contributed by atoms with Crippen LogP contribution in [0.1, 0.15) is 91.6 Å². The monoisotopic (exact) mass is 1120 g/mol. The van der Waals surface area contributed by atoms with Crippen LogP contribution in [-0.2, 0) is 32.3 Å². The molecule has 2 N–H and O–H groups in total. The molecule has 0 radical (unpaired) electrons. The summed E-state index contributed by atoms with van der Waals surface area (Å²) in [5, 5.41) is 9.99. The van der Waals surface area contributed by atoms with Gasteiger partial charge in [0, 0.05) is 28.1 Å². The molecule has 2 fully saturated rings. The van der Waals surface area contributed by atoms with E-state index in [1.54, 1.807) is 7.11 Å². The smallest absolute Gasteiger partial charge is 0.228 e. The Morgan fingerprint density at radius 2 is 1.28 bits per heavy atom. The lowest BCUT2D eigenvalue weighted by Crippen LogP contribution is -2.66. The van der Waals surface area contributed by atoms with E-state index < -0.39 is 70.0 Å². The Morgan fingerprint density at radius 3 is 1.74 bits per heavy atom. The minimum Gasteiger partial charge on any atom is -0.492 e. The van der Waals surface area contributed by atoms with Gasteiger partial charge in [0.15, 0.2) is 42.7 Å². The molecule has 1 aromatic rings. The minimum absolute atomic E-state index is 0.0608. The van der Waals surface area contributed by atoms with E-state index in [4.69, 9.17) is 46.5 Å². The van der Waals surface area contributed by atoms with Gasteiger partial charge in [0.2, 0.25) is 17.2 Å². The van der Waals surface area contributed by atoms with Crippen molar-refractivity contribution in [1.82, 2.24) is 5.48 Å². The Kier molecular flexibility index (Phi) is 20.5. The summed E-state index contributed by atoms with van der Waals surface area (Å²) in [6.07, 6.45) is -4.72. The zero-order chi connectivity index (χ0) is 50.1. The van der Waals surface area contributed by atoms with Gasteiger partial charge >= 0.3 is 0 Å². The van der Waals surface area contributed by atoms with Crippen molar-refractivity contribution in [2.75, 3.05) is 34.5 Å². The minimum atomic E-state index is -2.51. The summed E-state index contributed by atoms with van der Waals surface area (Å²) in [6, 6.07) is 1.07. The summed E-state index contributed by atoms with van der Waals surface area (Å²) in [4.78, 5) is 21.0. The van der Waals surface area contributed by atoms with Gasteiger partial charge in [0.1, 0.15) is 24.4 Å². The van der Waals surface area contributed by atoms with Crippen LogP contribution in [0.4, 0.5) is 0 Å². The maximum Gasteiger partial charge on any atom is 0.228 e. The molecule has 0 spiro atoms. The number of hydrogen-bond donors (Lipinski definition) is 2. The first kappa shape index (κ1) is 59.2. The number of nitrogens with one attached hydrogen (secondary N) is 1. The van der Waals surface area contributed by atoms with Gasteiger partial charge in [-0.25, -0.2) is 0 Å². The van der Waals surface area contributed by atoms with Gasteiger partial charge in [-0.2, -0.15) is 5.48 Å². The Bertz CT molecular complexity index is 1750. The number of carbonyl (C=O) groups excluding carboxylic acids is 1. The van der Waals surface area contributed by atoms with Gasteiger partial charge in [0.05, 0.1) is 47.4 Å². The van der Waals surface area contributed by atoms with Crippen LogP contribution >= 0.6 is 34.4 Å². The number of thioether (sulfide) groups is 1. The molecule has 0 unspecified atom stereocenters. The third-order valence-electron chi connectivity index (χ3n) is 14.2. The molecule has 9 atom stereocenters. The van der Waals surface area contributed by atoms with E-state index in [1.165, 1.54) is 26.0 Å². The van der Waals surface area contributed by atoms with Crippen molar-refractivity contribution in [2.45, 2.75) is 217 Å². The summed E-state index contributed by atoms with van der Waals surface area (Å²) >= 11 is 3.40. The number of carbonyl (C=O) groups is 1. The summed E-state index contributed by atoms with van der Waals surface area (Å²) < 4.78 is 60.6. The molecule has 2 aliphatic heterocycles. The third kappa shape index (κ3) is 14.5. The Morgan fingerprint density at radius 1 is 0.769 bits per heavy atom. The highest BCUT2D eigenvalue weighted by atomic mass is 127. The van der Waals surface area contributed by atoms with Crippen molar-refractivity contribution in [3.8, 4) is 17.2 Å². The second-order valence-corrected chi connectivity index (χ2v) is 45.7. The van der Waals surface area contributed by atoms with Crippen LogP contribution in [0.5, 0.6) is 17.2 Å². The fraction of sp³-hybridized carbons (Fsp3) is 0.848. The summed E-state index contributed by atoms with van der Waals surface area (Å²) in [7, 11) is -3.80. The lowest BCUT2D eigenvalue weighted by atomic mass is 9.99. The molecular weight excluding hydrogens is 1030 g/mol. The number of hydrogen-bond acceptors (Lipinski definition) is 14. The number of ether oxygens (including phenoxy) is 6. The lowest BCUT2D eigenvalue weighted by Gasteiger charge is -2.51. The number of aliphatic hydroxyl groups excluding tert-OH is 1. The molecule has 0 saturated carbocycles. The Labute approximate surface area is 415 Å². The van der Waals surface area contributed by atoms with E-state index in [0.717, 1.165) is 12.6 Å². The van der Waals surface area contributed by atoms with Crippen molar-refractivity contribution in [3.63, 3.8) is 0 Å². The molecule has 0 aromatic heterocycles. The van der Waals surface area contributed by atoms with E-state index in [1.807, 2.05) is 13.8 Å². The van der Waals surface area contributed by atoms with Gasteiger partial charge in [0.25, 0.3) is 0 Å². The molecule has 3 rings (SSSR count). The van der Waals surface area contributed by atoms with E-state index in [0.29, 0.717) is 26.9 Å². The number of methoxy groups -OCH3 is 3. The lowest BCUT2D eigenvalue weighted by molar-refractivity contribution is -0.275. The zero-order valence-corrected chi connectivity index (χ0v) is 51.2. The topological polar surface area (TPSA) is 142 Å². The van der Waals surface area contributed by atoms with E-state index in [9.17, 15) is 9.90 Å². The number of rotatable bonds is 19. The van der Waals surface area contributed by atoms with Gasteiger partial charge in [-0.05, 0) is 102 Å². The largest absolute Gasteiger partial charge is 0.492 e. The van der Waals surface area contributed by atoms with Crippen molar-refractivity contribution >= 4 is 72.5 Å². The highest BCUT2D eigenvalue weighted by molar-refractivity contribution is 14.1. The van der Waals surface area contributed by atoms with E-state index >= 15 is 0 Å². The summed E-state index contributed by atoms with van der Waals surface area (Å²) in [5.41, 5.74) is 4.17. The predicted octanol–water partition coefficient (Wildman–Crippen LogP) is 11.1. The van der Waals surface area contributed by atoms with Gasteiger partial charge in [-0.1, -0.05) is 93.7 Å². The quantitative estimate of drug-likeness (QED) is 0.0587. The van der Waals surface area contributed by atoms with E-state index in [-0.39, 0.29) is 55.8 Å².